The van der Waals surface area contributed by atoms with E-state index in [-0.39, 0.29) is 17.9 Å². The number of nitrogens with zero attached hydrogens (tertiary/aromatic N) is 3. The first-order chi connectivity index (χ1) is 10.2. The number of aromatic nitrogens is 3. The second-order valence-corrected chi connectivity index (χ2v) is 5.48. The van der Waals surface area contributed by atoms with Gasteiger partial charge in [0.2, 0.25) is 5.91 Å². The van der Waals surface area contributed by atoms with E-state index in [1.807, 2.05) is 24.3 Å². The maximum atomic E-state index is 12.2. The largest absolute Gasteiger partial charge is 0.328 e. The Kier molecular flexibility index (Phi) is 3.96. The van der Waals surface area contributed by atoms with Crippen LogP contribution in [0.25, 0.3) is 5.69 Å². The molecule has 0 saturated heterocycles. The van der Waals surface area contributed by atoms with Gasteiger partial charge in [0.25, 0.3) is 0 Å². The minimum Gasteiger partial charge on any atom is -0.328 e. The van der Waals surface area contributed by atoms with Crippen LogP contribution in [0.15, 0.2) is 36.7 Å². The summed E-state index contributed by atoms with van der Waals surface area (Å²) in [4.78, 5) is 13.8. The summed E-state index contributed by atoms with van der Waals surface area (Å²) in [5.41, 5.74) is 7.58. The Labute approximate surface area is 123 Å². The molecule has 0 radical (unpaired) electrons. The molecule has 1 aliphatic carbocycles. The molecule has 1 aromatic carbocycles. The molecule has 0 bridgehead atoms. The molecule has 0 spiro atoms. The molecule has 6 nitrogen and oxygen atoms in total. The third-order valence-electron chi connectivity index (χ3n) is 3.87. The van der Waals surface area contributed by atoms with Crippen molar-refractivity contribution in [1.29, 1.82) is 0 Å². The highest BCUT2D eigenvalue weighted by Gasteiger charge is 2.25. The molecule has 3 rings (SSSR count). The van der Waals surface area contributed by atoms with E-state index in [2.05, 4.69) is 15.5 Å². The molecule has 2 unspecified atom stereocenters. The summed E-state index contributed by atoms with van der Waals surface area (Å²) in [7, 11) is 0. The van der Waals surface area contributed by atoms with Crippen LogP contribution in [0, 0.1) is 5.92 Å². The van der Waals surface area contributed by atoms with E-state index < -0.39 is 0 Å². The van der Waals surface area contributed by atoms with Crippen LogP contribution in [0.5, 0.6) is 0 Å². The van der Waals surface area contributed by atoms with Crippen molar-refractivity contribution < 1.29 is 4.79 Å². The Bertz CT molecular complexity index is 593. The van der Waals surface area contributed by atoms with E-state index in [0.717, 1.165) is 37.1 Å². The highest BCUT2D eigenvalue weighted by atomic mass is 16.1. The number of carbonyl (C=O) groups is 1. The molecule has 1 aliphatic rings. The average Bonchev–Trinajstić information content (AvgIpc) is 3.02. The van der Waals surface area contributed by atoms with Crippen molar-refractivity contribution in [2.24, 2.45) is 11.7 Å². The van der Waals surface area contributed by atoms with Crippen LogP contribution in [-0.2, 0) is 4.79 Å². The van der Waals surface area contributed by atoms with Gasteiger partial charge in [0.1, 0.15) is 0 Å². The predicted octanol–water partition coefficient (Wildman–Crippen LogP) is 1.72. The van der Waals surface area contributed by atoms with Crippen molar-refractivity contribution in [3.63, 3.8) is 0 Å². The van der Waals surface area contributed by atoms with Crippen molar-refractivity contribution >= 4 is 11.6 Å². The van der Waals surface area contributed by atoms with E-state index >= 15 is 0 Å². The molecule has 1 aromatic heterocycles. The number of benzene rings is 1. The summed E-state index contributed by atoms with van der Waals surface area (Å²) in [5, 5.41) is 11.1. The molecule has 1 fully saturated rings. The fourth-order valence-electron chi connectivity index (χ4n) is 2.74. The summed E-state index contributed by atoms with van der Waals surface area (Å²) in [5.74, 6) is 0.0938. The molecule has 3 N–H and O–H groups in total. The maximum absolute atomic E-state index is 12.2. The Balaban J connectivity index is 1.63. The van der Waals surface area contributed by atoms with Gasteiger partial charge < -0.3 is 11.1 Å². The minimum absolute atomic E-state index is 0.0289. The molecule has 110 valence electrons. The van der Waals surface area contributed by atoms with E-state index in [1.54, 1.807) is 12.4 Å². The Hall–Kier alpha value is -2.21. The molecule has 2 aromatic rings. The predicted molar refractivity (Wildman–Crippen MR) is 79.9 cm³/mol. The Morgan fingerprint density at radius 2 is 1.90 bits per heavy atom. The van der Waals surface area contributed by atoms with E-state index in [1.165, 1.54) is 4.80 Å². The summed E-state index contributed by atoms with van der Waals surface area (Å²) < 4.78 is 0. The third-order valence-corrected chi connectivity index (χ3v) is 3.87. The maximum Gasteiger partial charge on any atom is 0.227 e. The van der Waals surface area contributed by atoms with Gasteiger partial charge in [-0.1, -0.05) is 6.42 Å². The van der Waals surface area contributed by atoms with Crippen molar-refractivity contribution in [1.82, 2.24) is 15.0 Å². The third kappa shape index (κ3) is 3.28. The first kappa shape index (κ1) is 13.8. The lowest BCUT2D eigenvalue weighted by Gasteiger charge is -2.25. The van der Waals surface area contributed by atoms with Gasteiger partial charge in [-0.2, -0.15) is 15.0 Å². The number of anilines is 1. The van der Waals surface area contributed by atoms with Gasteiger partial charge in [-0.05, 0) is 43.5 Å². The molecule has 1 saturated carbocycles. The van der Waals surface area contributed by atoms with E-state index in [0.29, 0.717) is 0 Å². The van der Waals surface area contributed by atoms with Gasteiger partial charge in [-0.3, -0.25) is 4.79 Å². The standard InChI is InChI=1S/C15H19N5O/c16-12-3-1-2-11(10-12)15(21)19-13-4-6-14(7-5-13)20-17-8-9-18-20/h4-9,11-12H,1-3,10,16H2,(H,19,21). The second-order valence-electron chi connectivity index (χ2n) is 5.48. The number of carbonyl (C=O) groups excluding carboxylic acids is 1. The number of nitrogens with two attached hydrogens (primary N) is 1. The lowest BCUT2D eigenvalue weighted by molar-refractivity contribution is -0.120. The molecule has 0 aliphatic heterocycles. The zero-order valence-electron chi connectivity index (χ0n) is 11.8. The lowest BCUT2D eigenvalue weighted by Crippen LogP contribution is -2.34. The topological polar surface area (TPSA) is 85.8 Å². The van der Waals surface area contributed by atoms with E-state index in [9.17, 15) is 4.79 Å². The fourth-order valence-corrected chi connectivity index (χ4v) is 2.74. The average molecular weight is 285 g/mol. The summed E-state index contributed by atoms with van der Waals surface area (Å²) in [6.45, 7) is 0. The molecule has 1 heterocycles. The normalized spacial score (nSPS) is 22.0. The summed E-state index contributed by atoms with van der Waals surface area (Å²) in [6, 6.07) is 7.63. The molecular formula is C15H19N5O. The van der Waals surface area contributed by atoms with Crippen LogP contribution >= 0.6 is 0 Å². The van der Waals surface area contributed by atoms with Crippen LogP contribution in [0.2, 0.25) is 0 Å². The summed E-state index contributed by atoms with van der Waals surface area (Å²) in [6.07, 6.45) is 7.01. The van der Waals surface area contributed by atoms with Crippen LogP contribution in [0.3, 0.4) is 0 Å². The molecule has 2 atom stereocenters. The smallest absolute Gasteiger partial charge is 0.227 e. The zero-order valence-corrected chi connectivity index (χ0v) is 11.8. The zero-order chi connectivity index (χ0) is 14.7. The van der Waals surface area contributed by atoms with Crippen LogP contribution < -0.4 is 11.1 Å². The van der Waals surface area contributed by atoms with Crippen molar-refractivity contribution in [2.45, 2.75) is 31.7 Å². The SMILES string of the molecule is NC1CCCC(C(=O)Nc2ccc(-n3nccn3)cc2)C1. The number of nitrogens with one attached hydrogen (secondary N) is 1. The van der Waals surface area contributed by atoms with Gasteiger partial charge in [0.05, 0.1) is 18.1 Å². The highest BCUT2D eigenvalue weighted by Crippen LogP contribution is 2.24. The fraction of sp³-hybridized carbons (Fsp3) is 0.400. The first-order valence-electron chi connectivity index (χ1n) is 7.25. The van der Waals surface area contributed by atoms with Crippen LogP contribution in [-0.4, -0.2) is 26.9 Å². The quantitative estimate of drug-likeness (QED) is 0.899. The van der Waals surface area contributed by atoms with Crippen LogP contribution in [0.1, 0.15) is 25.7 Å². The highest BCUT2D eigenvalue weighted by molar-refractivity contribution is 5.92. The van der Waals surface area contributed by atoms with Gasteiger partial charge in [-0.15, -0.1) is 0 Å². The van der Waals surface area contributed by atoms with Gasteiger partial charge in [-0.25, -0.2) is 0 Å². The van der Waals surface area contributed by atoms with Gasteiger partial charge in [0.15, 0.2) is 0 Å². The molecular weight excluding hydrogens is 266 g/mol. The van der Waals surface area contributed by atoms with Crippen molar-refractivity contribution in [3.05, 3.63) is 36.7 Å². The molecule has 21 heavy (non-hydrogen) atoms. The Morgan fingerprint density at radius 3 is 2.57 bits per heavy atom. The van der Waals surface area contributed by atoms with E-state index in [4.69, 9.17) is 5.73 Å². The first-order valence-corrected chi connectivity index (χ1v) is 7.25. The molecule has 6 heteroatoms. The minimum atomic E-state index is 0.0289. The molecule has 1 amide bonds. The lowest BCUT2D eigenvalue weighted by atomic mass is 9.85. The number of hydrogen-bond donors (Lipinski definition) is 2. The number of rotatable bonds is 3. The van der Waals surface area contributed by atoms with Gasteiger partial charge >= 0.3 is 0 Å². The summed E-state index contributed by atoms with van der Waals surface area (Å²) >= 11 is 0. The van der Waals surface area contributed by atoms with Crippen LogP contribution in [0.4, 0.5) is 5.69 Å². The van der Waals surface area contributed by atoms with Crippen molar-refractivity contribution in [2.75, 3.05) is 5.32 Å². The van der Waals surface area contributed by atoms with Crippen molar-refractivity contribution in [3.8, 4) is 5.69 Å². The second kappa shape index (κ2) is 6.05. The number of hydrogen-bond acceptors (Lipinski definition) is 4. The number of amides is 1. The Morgan fingerprint density at radius 1 is 1.19 bits per heavy atom. The van der Waals surface area contributed by atoms with Gasteiger partial charge in [0, 0.05) is 17.6 Å². The monoisotopic (exact) mass is 285 g/mol.